The highest BCUT2D eigenvalue weighted by Gasteiger charge is 2.08. The van der Waals surface area contributed by atoms with Gasteiger partial charge >= 0.3 is 0 Å². The van der Waals surface area contributed by atoms with E-state index >= 15 is 0 Å². The molecule has 7 nitrogen and oxygen atoms in total. The summed E-state index contributed by atoms with van der Waals surface area (Å²) >= 11 is 0. The maximum absolute atomic E-state index is 12.4. The van der Waals surface area contributed by atoms with Crippen molar-refractivity contribution in [2.24, 2.45) is 0 Å². The second kappa shape index (κ2) is 10.6. The van der Waals surface area contributed by atoms with Gasteiger partial charge in [-0.2, -0.15) is 0 Å². The van der Waals surface area contributed by atoms with Gasteiger partial charge in [-0.1, -0.05) is 36.4 Å². The number of nitrogens with one attached hydrogen (secondary N) is 4. The Hall–Kier alpha value is -4.13. The summed E-state index contributed by atoms with van der Waals surface area (Å²) in [4.78, 5) is 36.2. The Labute approximate surface area is 180 Å². The van der Waals surface area contributed by atoms with E-state index in [1.54, 1.807) is 55.6 Å². The minimum Gasteiger partial charge on any atom is -0.376 e. The summed E-state index contributed by atoms with van der Waals surface area (Å²) < 4.78 is 0. The molecule has 0 unspecified atom stereocenters. The van der Waals surface area contributed by atoms with Gasteiger partial charge in [-0.25, -0.2) is 0 Å². The van der Waals surface area contributed by atoms with Gasteiger partial charge in [0.05, 0.1) is 6.54 Å². The third-order valence-corrected chi connectivity index (χ3v) is 4.53. The van der Waals surface area contributed by atoms with Crippen molar-refractivity contribution >= 4 is 29.1 Å². The number of anilines is 2. The van der Waals surface area contributed by atoms with E-state index in [2.05, 4.69) is 21.3 Å². The molecule has 0 saturated carbocycles. The van der Waals surface area contributed by atoms with Crippen molar-refractivity contribution in [1.29, 1.82) is 0 Å². The first-order valence-corrected chi connectivity index (χ1v) is 9.83. The summed E-state index contributed by atoms with van der Waals surface area (Å²) in [6, 6.07) is 23.3. The molecule has 0 spiro atoms. The highest BCUT2D eigenvalue weighted by molar-refractivity contribution is 5.97. The zero-order valence-electron chi connectivity index (χ0n) is 17.1. The zero-order chi connectivity index (χ0) is 22.1. The summed E-state index contributed by atoms with van der Waals surface area (Å²) in [6.07, 6.45) is 0. The maximum Gasteiger partial charge on any atom is 0.251 e. The van der Waals surface area contributed by atoms with E-state index in [4.69, 9.17) is 0 Å². The molecule has 0 bridgehead atoms. The number of rotatable bonds is 8. The molecule has 0 fully saturated rings. The minimum atomic E-state index is -0.244. The molecule has 0 heterocycles. The van der Waals surface area contributed by atoms with Crippen molar-refractivity contribution in [1.82, 2.24) is 10.6 Å². The van der Waals surface area contributed by atoms with Crippen molar-refractivity contribution in [3.63, 3.8) is 0 Å². The predicted molar refractivity (Wildman–Crippen MR) is 121 cm³/mol. The van der Waals surface area contributed by atoms with Gasteiger partial charge in [0.25, 0.3) is 11.8 Å². The number of hydrogen-bond acceptors (Lipinski definition) is 4. The summed E-state index contributed by atoms with van der Waals surface area (Å²) in [7, 11) is 1.56. The van der Waals surface area contributed by atoms with E-state index in [9.17, 15) is 14.4 Å². The van der Waals surface area contributed by atoms with Crippen LogP contribution in [0.25, 0.3) is 0 Å². The van der Waals surface area contributed by atoms with Gasteiger partial charge in [0.1, 0.15) is 0 Å². The lowest BCUT2D eigenvalue weighted by Crippen LogP contribution is -2.24. The SMILES string of the molecule is CNC(=O)c1ccc(NC(=O)CNc2cccc(C(=O)NCc3ccccc3)c2)cc1. The largest absolute Gasteiger partial charge is 0.376 e. The molecule has 0 aliphatic heterocycles. The molecule has 0 aromatic heterocycles. The molecule has 4 N–H and O–H groups in total. The van der Waals surface area contributed by atoms with E-state index in [-0.39, 0.29) is 24.3 Å². The molecular weight excluding hydrogens is 392 g/mol. The standard InChI is InChI=1S/C24H24N4O3/c1-25-23(30)18-10-12-20(13-11-18)28-22(29)16-26-21-9-5-8-19(14-21)24(31)27-15-17-6-3-2-4-7-17/h2-14,26H,15-16H2,1H3,(H,25,30)(H,27,31)(H,28,29). The van der Waals surface area contributed by atoms with E-state index in [1.165, 1.54) is 0 Å². The average Bonchev–Trinajstić information content (AvgIpc) is 2.82. The second-order valence-electron chi connectivity index (χ2n) is 6.81. The molecular formula is C24H24N4O3. The quantitative estimate of drug-likeness (QED) is 0.454. The van der Waals surface area contributed by atoms with Crippen molar-refractivity contribution in [2.75, 3.05) is 24.2 Å². The van der Waals surface area contributed by atoms with Crippen molar-refractivity contribution in [3.8, 4) is 0 Å². The fourth-order valence-electron chi connectivity index (χ4n) is 2.89. The second-order valence-corrected chi connectivity index (χ2v) is 6.81. The molecule has 0 aliphatic rings. The summed E-state index contributed by atoms with van der Waals surface area (Å²) in [5.41, 5.74) is 3.29. The Kier molecular flexibility index (Phi) is 7.37. The highest BCUT2D eigenvalue weighted by Crippen LogP contribution is 2.12. The van der Waals surface area contributed by atoms with Gasteiger partial charge in [0.2, 0.25) is 5.91 Å². The van der Waals surface area contributed by atoms with Crippen LogP contribution in [-0.4, -0.2) is 31.3 Å². The molecule has 0 saturated heterocycles. The van der Waals surface area contributed by atoms with Gasteiger partial charge in [-0.05, 0) is 48.0 Å². The van der Waals surface area contributed by atoms with Gasteiger partial charge in [-0.3, -0.25) is 14.4 Å². The topological polar surface area (TPSA) is 99.3 Å². The van der Waals surface area contributed by atoms with Crippen LogP contribution in [-0.2, 0) is 11.3 Å². The van der Waals surface area contributed by atoms with Crippen LogP contribution in [0.1, 0.15) is 26.3 Å². The van der Waals surface area contributed by atoms with Crippen molar-refractivity contribution in [3.05, 3.63) is 95.6 Å². The number of hydrogen-bond donors (Lipinski definition) is 4. The summed E-state index contributed by atoms with van der Waals surface area (Å²) in [5, 5.41) is 11.2. The van der Waals surface area contributed by atoms with Gasteiger partial charge < -0.3 is 21.3 Å². The lowest BCUT2D eigenvalue weighted by molar-refractivity contribution is -0.114. The van der Waals surface area contributed by atoms with Crippen LogP contribution in [0.4, 0.5) is 11.4 Å². The number of benzene rings is 3. The van der Waals surface area contributed by atoms with Gasteiger partial charge in [0.15, 0.2) is 0 Å². The molecule has 158 valence electrons. The van der Waals surface area contributed by atoms with Crippen LogP contribution in [0.3, 0.4) is 0 Å². The third kappa shape index (κ3) is 6.43. The van der Waals surface area contributed by atoms with Gasteiger partial charge in [-0.15, -0.1) is 0 Å². The fourth-order valence-corrected chi connectivity index (χ4v) is 2.89. The van der Waals surface area contributed by atoms with E-state index in [0.29, 0.717) is 29.0 Å². The molecule has 0 radical (unpaired) electrons. The van der Waals surface area contributed by atoms with Crippen molar-refractivity contribution in [2.45, 2.75) is 6.54 Å². The highest BCUT2D eigenvalue weighted by atomic mass is 16.2. The van der Waals surface area contributed by atoms with Crippen molar-refractivity contribution < 1.29 is 14.4 Å². The number of amides is 3. The Morgan fingerprint density at radius 2 is 1.48 bits per heavy atom. The molecule has 31 heavy (non-hydrogen) atoms. The van der Waals surface area contributed by atoms with E-state index in [1.807, 2.05) is 30.3 Å². The molecule has 3 rings (SSSR count). The Morgan fingerprint density at radius 1 is 0.742 bits per heavy atom. The first-order chi connectivity index (χ1) is 15.0. The Morgan fingerprint density at radius 3 is 2.19 bits per heavy atom. The number of carbonyl (C=O) groups is 3. The molecule has 3 amide bonds. The smallest absolute Gasteiger partial charge is 0.251 e. The fraction of sp³-hybridized carbons (Fsp3) is 0.125. The number of carbonyl (C=O) groups excluding carboxylic acids is 3. The Balaban J connectivity index is 1.50. The molecule has 3 aromatic rings. The van der Waals surface area contributed by atoms with E-state index in [0.717, 1.165) is 5.56 Å². The van der Waals surface area contributed by atoms with Crippen LogP contribution < -0.4 is 21.3 Å². The summed E-state index contributed by atoms with van der Waals surface area (Å²) in [6.45, 7) is 0.477. The lowest BCUT2D eigenvalue weighted by Gasteiger charge is -2.10. The average molecular weight is 416 g/mol. The van der Waals surface area contributed by atoms with Crippen LogP contribution in [0.5, 0.6) is 0 Å². The minimum absolute atomic E-state index is 0.0340. The summed E-state index contributed by atoms with van der Waals surface area (Å²) in [5.74, 6) is -0.619. The molecule has 0 aliphatic carbocycles. The normalized spacial score (nSPS) is 10.1. The van der Waals surface area contributed by atoms with E-state index < -0.39 is 0 Å². The molecule has 0 atom stereocenters. The molecule has 7 heteroatoms. The molecule has 3 aromatic carbocycles. The maximum atomic E-state index is 12.4. The van der Waals surface area contributed by atoms with Crippen LogP contribution in [0.2, 0.25) is 0 Å². The van der Waals surface area contributed by atoms with Crippen LogP contribution in [0, 0.1) is 0 Å². The first kappa shape index (κ1) is 21.6. The Bertz CT molecular complexity index is 1050. The third-order valence-electron chi connectivity index (χ3n) is 4.53. The zero-order valence-corrected chi connectivity index (χ0v) is 17.1. The lowest BCUT2D eigenvalue weighted by atomic mass is 10.1. The predicted octanol–water partition coefficient (Wildman–Crippen LogP) is 3.03. The van der Waals surface area contributed by atoms with Crippen LogP contribution >= 0.6 is 0 Å². The first-order valence-electron chi connectivity index (χ1n) is 9.83. The van der Waals surface area contributed by atoms with Gasteiger partial charge in [0, 0.05) is 36.1 Å². The van der Waals surface area contributed by atoms with Crippen LogP contribution in [0.15, 0.2) is 78.9 Å². The monoisotopic (exact) mass is 416 g/mol.